The van der Waals surface area contributed by atoms with Crippen molar-refractivity contribution in [2.45, 2.75) is 30.6 Å². The summed E-state index contributed by atoms with van der Waals surface area (Å²) in [7, 11) is 0. The fraction of sp³-hybridized carbons (Fsp3) is 0.241. The van der Waals surface area contributed by atoms with Crippen molar-refractivity contribution in [2.24, 2.45) is 0 Å². The molecule has 0 bridgehead atoms. The lowest BCUT2D eigenvalue weighted by Crippen LogP contribution is -2.52. The minimum Gasteiger partial charge on any atom is -0.288 e. The molecule has 1 aliphatic heterocycles. The van der Waals surface area contributed by atoms with E-state index in [9.17, 15) is 10.1 Å². The van der Waals surface area contributed by atoms with Crippen LogP contribution in [0.3, 0.4) is 0 Å². The number of hydrogen-bond donors (Lipinski definition) is 0. The lowest BCUT2D eigenvalue weighted by Gasteiger charge is -2.49. The second-order valence-corrected chi connectivity index (χ2v) is 9.64. The minimum absolute atomic E-state index is 0.118. The fourth-order valence-corrected chi connectivity index (χ4v) is 5.89. The van der Waals surface area contributed by atoms with Crippen LogP contribution in [0.25, 0.3) is 0 Å². The Hall–Kier alpha value is -3.13. The SMILES string of the molecule is CC(=O)SC1CCN(C(c2ccccc2)(c2ccccc2)c2ccccc2)CC1=CCC#N. The van der Waals surface area contributed by atoms with Gasteiger partial charge in [0.15, 0.2) is 5.12 Å². The topological polar surface area (TPSA) is 44.1 Å². The normalized spacial score (nSPS) is 18.1. The Labute approximate surface area is 200 Å². The van der Waals surface area contributed by atoms with Crippen molar-refractivity contribution in [1.82, 2.24) is 4.90 Å². The fourth-order valence-electron chi connectivity index (χ4n) is 4.94. The van der Waals surface area contributed by atoms with Crippen molar-refractivity contribution in [2.75, 3.05) is 13.1 Å². The largest absolute Gasteiger partial charge is 0.288 e. The van der Waals surface area contributed by atoms with Gasteiger partial charge in [0.25, 0.3) is 0 Å². The zero-order valence-corrected chi connectivity index (χ0v) is 19.7. The molecule has 1 unspecified atom stereocenters. The van der Waals surface area contributed by atoms with Crippen molar-refractivity contribution in [3.05, 3.63) is 119 Å². The third-order valence-corrected chi connectivity index (χ3v) is 7.42. The average molecular weight is 453 g/mol. The van der Waals surface area contributed by atoms with Gasteiger partial charge >= 0.3 is 0 Å². The highest BCUT2D eigenvalue weighted by molar-refractivity contribution is 8.14. The van der Waals surface area contributed by atoms with E-state index in [1.807, 2.05) is 6.08 Å². The smallest absolute Gasteiger partial charge is 0.186 e. The number of rotatable bonds is 6. The molecular weight excluding hydrogens is 424 g/mol. The second kappa shape index (κ2) is 10.7. The summed E-state index contributed by atoms with van der Waals surface area (Å²) in [6.07, 6.45) is 3.24. The molecule has 3 nitrogen and oxygen atoms in total. The summed E-state index contributed by atoms with van der Waals surface area (Å²) in [6.45, 7) is 3.17. The van der Waals surface area contributed by atoms with E-state index < -0.39 is 5.54 Å². The van der Waals surface area contributed by atoms with E-state index >= 15 is 0 Å². The molecule has 1 aliphatic rings. The molecule has 3 aromatic carbocycles. The zero-order chi connectivity index (χ0) is 23.1. The second-order valence-electron chi connectivity index (χ2n) is 8.26. The van der Waals surface area contributed by atoms with Crippen LogP contribution in [0.15, 0.2) is 103 Å². The molecule has 0 radical (unpaired) electrons. The number of nitrogens with zero attached hydrogens (tertiary/aromatic N) is 2. The average Bonchev–Trinajstić information content (AvgIpc) is 2.86. The molecule has 1 atom stereocenters. The van der Waals surface area contributed by atoms with Gasteiger partial charge in [-0.05, 0) is 28.7 Å². The van der Waals surface area contributed by atoms with Gasteiger partial charge in [-0.25, -0.2) is 0 Å². The molecule has 4 rings (SSSR count). The molecule has 0 spiro atoms. The Morgan fingerprint density at radius 1 is 0.970 bits per heavy atom. The molecule has 0 amide bonds. The molecular formula is C29H28N2OS. The van der Waals surface area contributed by atoms with Crippen molar-refractivity contribution in [1.29, 1.82) is 5.26 Å². The zero-order valence-electron chi connectivity index (χ0n) is 18.9. The molecule has 0 N–H and O–H groups in total. The molecule has 33 heavy (non-hydrogen) atoms. The van der Waals surface area contributed by atoms with Crippen LogP contribution in [0.5, 0.6) is 0 Å². The summed E-state index contributed by atoms with van der Waals surface area (Å²) in [5.74, 6) is 0. The van der Waals surface area contributed by atoms with E-state index in [1.54, 1.807) is 6.92 Å². The summed E-state index contributed by atoms with van der Waals surface area (Å²) in [4.78, 5) is 14.5. The molecule has 1 heterocycles. The number of piperidine rings is 1. The summed E-state index contributed by atoms with van der Waals surface area (Å²) in [5, 5.41) is 9.48. The number of carbonyl (C=O) groups excluding carboxylic acids is 1. The molecule has 4 heteroatoms. The van der Waals surface area contributed by atoms with Gasteiger partial charge in [-0.3, -0.25) is 9.69 Å². The highest BCUT2D eigenvalue weighted by Crippen LogP contribution is 2.45. The lowest BCUT2D eigenvalue weighted by atomic mass is 9.74. The first-order valence-corrected chi connectivity index (χ1v) is 12.2. The number of benzene rings is 3. The van der Waals surface area contributed by atoms with Gasteiger partial charge < -0.3 is 0 Å². The van der Waals surface area contributed by atoms with Crippen LogP contribution >= 0.6 is 11.8 Å². The monoisotopic (exact) mass is 452 g/mol. The predicted molar refractivity (Wildman–Crippen MR) is 136 cm³/mol. The lowest BCUT2D eigenvalue weighted by molar-refractivity contribution is -0.109. The van der Waals surface area contributed by atoms with E-state index in [0.717, 1.165) is 18.5 Å². The molecule has 0 aromatic heterocycles. The van der Waals surface area contributed by atoms with Gasteiger partial charge in [0.05, 0.1) is 18.0 Å². The van der Waals surface area contributed by atoms with E-state index in [4.69, 9.17) is 0 Å². The molecule has 0 saturated carbocycles. The quantitative estimate of drug-likeness (QED) is 0.331. The highest BCUT2D eigenvalue weighted by atomic mass is 32.2. The van der Waals surface area contributed by atoms with Crippen molar-refractivity contribution in [3.8, 4) is 6.07 Å². The van der Waals surface area contributed by atoms with Gasteiger partial charge in [-0.1, -0.05) is 109 Å². The predicted octanol–water partition coefficient (Wildman–Crippen LogP) is 6.17. The Morgan fingerprint density at radius 2 is 1.45 bits per heavy atom. The molecule has 0 aliphatic carbocycles. The van der Waals surface area contributed by atoms with Crippen LogP contribution in [-0.4, -0.2) is 28.4 Å². The van der Waals surface area contributed by atoms with Crippen LogP contribution in [-0.2, 0) is 10.3 Å². The highest BCUT2D eigenvalue weighted by Gasteiger charge is 2.44. The van der Waals surface area contributed by atoms with Gasteiger partial charge in [-0.15, -0.1) is 0 Å². The van der Waals surface area contributed by atoms with Crippen LogP contribution < -0.4 is 0 Å². The molecule has 1 fully saturated rings. The number of thioether (sulfide) groups is 1. The van der Waals surface area contributed by atoms with Crippen molar-refractivity contribution >= 4 is 16.9 Å². The van der Waals surface area contributed by atoms with Crippen molar-refractivity contribution in [3.63, 3.8) is 0 Å². The van der Waals surface area contributed by atoms with E-state index in [2.05, 4.69) is 102 Å². The van der Waals surface area contributed by atoms with Crippen LogP contribution in [0.2, 0.25) is 0 Å². The maximum absolute atomic E-state index is 11.9. The number of allylic oxidation sites excluding steroid dienone is 1. The number of carbonyl (C=O) groups is 1. The first kappa shape index (κ1) is 23.0. The first-order chi connectivity index (χ1) is 16.2. The standard InChI is InChI=1S/C29H28N2OS/c1-23(32)33-28-19-21-31(22-24(28)12-11-20-30)29(25-13-5-2-6-14-25,26-15-7-3-8-16-26)27-17-9-4-10-18-27/h2-10,12-18,28H,11,19,21-22H2,1H3. The summed E-state index contributed by atoms with van der Waals surface area (Å²) in [5.41, 5.74) is 4.30. The van der Waals surface area contributed by atoms with Crippen LogP contribution in [0, 0.1) is 11.3 Å². The van der Waals surface area contributed by atoms with E-state index in [1.165, 1.54) is 28.5 Å². The van der Waals surface area contributed by atoms with E-state index in [-0.39, 0.29) is 10.4 Å². The summed E-state index contributed by atoms with van der Waals surface area (Å²) < 4.78 is 0. The maximum Gasteiger partial charge on any atom is 0.186 e. The van der Waals surface area contributed by atoms with Crippen molar-refractivity contribution < 1.29 is 4.79 Å². The number of likely N-dealkylation sites (tertiary alicyclic amines) is 1. The van der Waals surface area contributed by atoms with Gasteiger partial charge in [0, 0.05) is 25.3 Å². The van der Waals surface area contributed by atoms with E-state index in [0.29, 0.717) is 13.0 Å². The van der Waals surface area contributed by atoms with Gasteiger partial charge in [0.1, 0.15) is 0 Å². The van der Waals surface area contributed by atoms with Crippen LogP contribution in [0.1, 0.15) is 36.5 Å². The molecule has 166 valence electrons. The Kier molecular flexibility index (Phi) is 7.44. The summed E-state index contributed by atoms with van der Waals surface area (Å²) in [6, 6.07) is 34.2. The molecule has 3 aromatic rings. The Morgan fingerprint density at radius 3 is 1.88 bits per heavy atom. The molecule has 1 saturated heterocycles. The summed E-state index contributed by atoms with van der Waals surface area (Å²) >= 11 is 1.39. The van der Waals surface area contributed by atoms with Crippen LogP contribution in [0.4, 0.5) is 0 Å². The minimum atomic E-state index is -0.485. The first-order valence-electron chi connectivity index (χ1n) is 11.3. The maximum atomic E-state index is 11.9. The van der Waals surface area contributed by atoms with Gasteiger partial charge in [0.2, 0.25) is 0 Å². The number of hydrogen-bond acceptors (Lipinski definition) is 4. The third kappa shape index (κ3) is 4.80. The Bertz CT molecular complexity index is 1040. The Balaban J connectivity index is 1.90. The number of nitriles is 1. The third-order valence-electron chi connectivity index (χ3n) is 6.26. The van der Waals surface area contributed by atoms with Gasteiger partial charge in [-0.2, -0.15) is 5.26 Å².